The number of nitrogens with one attached hydrogen (secondary N) is 2. The number of anilines is 1. The fourth-order valence-corrected chi connectivity index (χ4v) is 3.26. The highest BCUT2D eigenvalue weighted by Crippen LogP contribution is 2.22. The van der Waals surface area contributed by atoms with Crippen molar-refractivity contribution in [2.45, 2.75) is 33.1 Å². The molecule has 2 atom stereocenters. The first-order valence-corrected chi connectivity index (χ1v) is 8.94. The first-order valence-electron chi connectivity index (χ1n) is 8.56. The van der Waals surface area contributed by atoms with Crippen LogP contribution in [0.15, 0.2) is 18.2 Å². The van der Waals surface area contributed by atoms with Gasteiger partial charge < -0.3 is 15.0 Å². The number of rotatable bonds is 6. The second kappa shape index (κ2) is 9.04. The van der Waals surface area contributed by atoms with Crippen molar-refractivity contribution in [1.29, 1.82) is 0 Å². The average Bonchev–Trinajstić information content (AvgIpc) is 2.58. The molecule has 132 valence electrons. The summed E-state index contributed by atoms with van der Waals surface area (Å²) < 4.78 is 5.11. The molecule has 1 unspecified atom stereocenters. The monoisotopic (exact) mass is 353 g/mol. The van der Waals surface area contributed by atoms with Crippen molar-refractivity contribution in [2.75, 3.05) is 31.6 Å². The highest BCUT2D eigenvalue weighted by atomic mass is 35.5. The summed E-state index contributed by atoms with van der Waals surface area (Å²) in [6, 6.07) is 5.48. The molecular formula is C18H26ClN2O3+. The van der Waals surface area contributed by atoms with Gasteiger partial charge in [-0.1, -0.05) is 17.7 Å². The number of hydrogen-bond donors (Lipinski definition) is 2. The molecule has 2 N–H and O–H groups in total. The smallest absolute Gasteiger partial charge is 0.314 e. The van der Waals surface area contributed by atoms with Crippen molar-refractivity contribution in [3.63, 3.8) is 0 Å². The number of carbonyl (C=O) groups is 2. The van der Waals surface area contributed by atoms with Gasteiger partial charge in [0.1, 0.15) is 5.92 Å². The maximum Gasteiger partial charge on any atom is 0.314 e. The van der Waals surface area contributed by atoms with Gasteiger partial charge in [0.15, 0.2) is 0 Å². The Morgan fingerprint density at radius 1 is 1.42 bits per heavy atom. The minimum Gasteiger partial charge on any atom is -0.466 e. The molecular weight excluding hydrogens is 328 g/mol. The standard InChI is InChI=1S/C18H25ClN2O3/c1-3-24-18(23)14-6-5-10-21(12-14)11-9-17(22)20-16-8-4-7-15(19)13(16)2/h4,7-8,14H,3,5-6,9-12H2,1-2H3,(H,20,22)/p+1/t14-/m0/s1. The molecule has 0 aromatic heterocycles. The molecule has 0 bridgehead atoms. The number of quaternary nitrogens is 1. The maximum absolute atomic E-state index is 12.2. The van der Waals surface area contributed by atoms with Crippen molar-refractivity contribution >= 4 is 29.2 Å². The number of carbonyl (C=O) groups excluding carboxylic acids is 2. The Balaban J connectivity index is 1.81. The maximum atomic E-state index is 12.2. The Hall–Kier alpha value is -1.59. The van der Waals surface area contributed by atoms with Gasteiger partial charge in [-0.3, -0.25) is 9.59 Å². The Morgan fingerprint density at radius 3 is 2.96 bits per heavy atom. The lowest BCUT2D eigenvalue weighted by Crippen LogP contribution is -3.13. The molecule has 1 aliphatic rings. The van der Waals surface area contributed by atoms with Crippen LogP contribution in [0, 0.1) is 12.8 Å². The molecule has 1 aromatic carbocycles. The van der Waals surface area contributed by atoms with Gasteiger partial charge in [-0.25, -0.2) is 0 Å². The third-order valence-electron chi connectivity index (χ3n) is 4.49. The van der Waals surface area contributed by atoms with Crippen LogP contribution in [-0.2, 0) is 14.3 Å². The molecule has 0 radical (unpaired) electrons. The van der Waals surface area contributed by atoms with Gasteiger partial charge >= 0.3 is 5.97 Å². The van der Waals surface area contributed by atoms with Gasteiger partial charge in [0.05, 0.1) is 32.7 Å². The second-order valence-electron chi connectivity index (χ2n) is 6.26. The zero-order valence-corrected chi connectivity index (χ0v) is 15.1. The largest absolute Gasteiger partial charge is 0.466 e. The van der Waals surface area contributed by atoms with Crippen molar-refractivity contribution < 1.29 is 19.2 Å². The van der Waals surface area contributed by atoms with Crippen LogP contribution < -0.4 is 10.2 Å². The lowest BCUT2D eigenvalue weighted by molar-refractivity contribution is -0.906. The predicted octanol–water partition coefficient (Wildman–Crippen LogP) is 1.84. The Morgan fingerprint density at radius 2 is 2.21 bits per heavy atom. The molecule has 0 aliphatic carbocycles. The minimum absolute atomic E-state index is 0.0221. The highest BCUT2D eigenvalue weighted by molar-refractivity contribution is 6.31. The van der Waals surface area contributed by atoms with E-state index < -0.39 is 0 Å². The average molecular weight is 354 g/mol. The van der Waals surface area contributed by atoms with Gasteiger partial charge in [-0.05, 0) is 44.4 Å². The molecule has 2 rings (SSSR count). The second-order valence-corrected chi connectivity index (χ2v) is 6.66. The zero-order valence-electron chi connectivity index (χ0n) is 14.4. The van der Waals surface area contributed by atoms with Gasteiger partial charge in [-0.2, -0.15) is 0 Å². The summed E-state index contributed by atoms with van der Waals surface area (Å²) in [4.78, 5) is 25.3. The number of halogens is 1. The van der Waals surface area contributed by atoms with E-state index in [0.29, 0.717) is 18.1 Å². The summed E-state index contributed by atoms with van der Waals surface area (Å²) in [6.07, 6.45) is 2.31. The van der Waals surface area contributed by atoms with E-state index in [1.807, 2.05) is 26.0 Å². The first kappa shape index (κ1) is 18.7. The van der Waals surface area contributed by atoms with E-state index in [4.69, 9.17) is 16.3 Å². The number of likely N-dealkylation sites (tertiary alicyclic amines) is 1. The number of benzene rings is 1. The number of esters is 1. The normalized spacial score (nSPS) is 20.5. The number of hydrogen-bond acceptors (Lipinski definition) is 3. The van der Waals surface area contributed by atoms with Gasteiger partial charge in [0, 0.05) is 10.7 Å². The zero-order chi connectivity index (χ0) is 17.5. The number of ether oxygens (including phenoxy) is 1. The molecule has 1 heterocycles. The molecule has 1 aromatic rings. The minimum atomic E-state index is -0.103. The molecule has 1 aliphatic heterocycles. The van der Waals surface area contributed by atoms with Gasteiger partial charge in [-0.15, -0.1) is 0 Å². The summed E-state index contributed by atoms with van der Waals surface area (Å²) in [5, 5.41) is 3.56. The number of amides is 1. The quantitative estimate of drug-likeness (QED) is 0.767. The van der Waals surface area contributed by atoms with E-state index in [0.717, 1.165) is 43.7 Å². The van der Waals surface area contributed by atoms with E-state index in [9.17, 15) is 9.59 Å². The van der Waals surface area contributed by atoms with Crippen LogP contribution in [0.4, 0.5) is 5.69 Å². The fraction of sp³-hybridized carbons (Fsp3) is 0.556. The van der Waals surface area contributed by atoms with Crippen molar-refractivity contribution in [1.82, 2.24) is 0 Å². The first-order chi connectivity index (χ1) is 11.5. The van der Waals surface area contributed by atoms with Crippen LogP contribution in [0.1, 0.15) is 31.7 Å². The van der Waals surface area contributed by atoms with E-state index in [1.165, 1.54) is 4.90 Å². The Bertz CT molecular complexity index is 592. The van der Waals surface area contributed by atoms with Crippen LogP contribution in [0.5, 0.6) is 0 Å². The fourth-order valence-electron chi connectivity index (χ4n) is 3.09. The molecule has 6 heteroatoms. The Labute approximate surface area is 148 Å². The third kappa shape index (κ3) is 5.21. The summed E-state index contributed by atoms with van der Waals surface area (Å²) in [5.41, 5.74) is 1.63. The van der Waals surface area contributed by atoms with E-state index >= 15 is 0 Å². The van der Waals surface area contributed by atoms with Gasteiger partial charge in [0.2, 0.25) is 5.91 Å². The van der Waals surface area contributed by atoms with Crippen LogP contribution in [0.3, 0.4) is 0 Å². The Kier molecular flexibility index (Phi) is 7.06. The van der Waals surface area contributed by atoms with Crippen LogP contribution in [0.25, 0.3) is 0 Å². The molecule has 1 fully saturated rings. The van der Waals surface area contributed by atoms with Crippen LogP contribution in [-0.4, -0.2) is 38.1 Å². The number of piperidine rings is 1. The van der Waals surface area contributed by atoms with E-state index in [2.05, 4.69) is 5.32 Å². The summed E-state index contributed by atoms with van der Waals surface area (Å²) in [7, 11) is 0. The SMILES string of the molecule is CCOC(=O)[C@H]1CCC[NH+](CCC(=O)Nc2cccc(Cl)c2C)C1. The predicted molar refractivity (Wildman–Crippen MR) is 94.4 cm³/mol. The summed E-state index contributed by atoms with van der Waals surface area (Å²) in [6.45, 7) is 6.61. The van der Waals surface area contributed by atoms with Gasteiger partial charge in [0.25, 0.3) is 0 Å². The van der Waals surface area contributed by atoms with E-state index in [-0.39, 0.29) is 17.8 Å². The molecule has 1 saturated heterocycles. The molecule has 24 heavy (non-hydrogen) atoms. The van der Waals surface area contributed by atoms with E-state index in [1.54, 1.807) is 6.07 Å². The van der Waals surface area contributed by atoms with Crippen molar-refractivity contribution in [2.24, 2.45) is 5.92 Å². The summed E-state index contributed by atoms with van der Waals surface area (Å²) >= 11 is 6.07. The topological polar surface area (TPSA) is 59.8 Å². The highest BCUT2D eigenvalue weighted by Gasteiger charge is 2.29. The molecule has 0 saturated carbocycles. The van der Waals surface area contributed by atoms with Crippen molar-refractivity contribution in [3.05, 3.63) is 28.8 Å². The third-order valence-corrected chi connectivity index (χ3v) is 4.89. The van der Waals surface area contributed by atoms with Crippen LogP contribution >= 0.6 is 11.6 Å². The molecule has 5 nitrogen and oxygen atoms in total. The molecule has 0 spiro atoms. The lowest BCUT2D eigenvalue weighted by Gasteiger charge is -2.28. The van der Waals surface area contributed by atoms with Crippen molar-refractivity contribution in [3.8, 4) is 0 Å². The lowest BCUT2D eigenvalue weighted by atomic mass is 9.98. The molecule has 1 amide bonds. The summed E-state index contributed by atoms with van der Waals surface area (Å²) in [5.74, 6) is -0.160. The van der Waals surface area contributed by atoms with Crippen LogP contribution in [0.2, 0.25) is 5.02 Å².